The molecule has 0 saturated carbocycles. The SMILES string of the molecule is O=C(Cn1ncccc1=O)NC1CCN(c2ccc3nncn3n2)C1. The molecule has 4 heterocycles. The van der Waals surface area contributed by atoms with Gasteiger partial charge in [-0.15, -0.1) is 15.3 Å². The Bertz CT molecular complexity index is 965. The Labute approximate surface area is 142 Å². The van der Waals surface area contributed by atoms with E-state index in [1.54, 1.807) is 16.9 Å². The monoisotopic (exact) mass is 340 g/mol. The Kier molecular flexibility index (Phi) is 3.84. The quantitative estimate of drug-likeness (QED) is 0.654. The number of carbonyl (C=O) groups excluding carboxylic acids is 1. The molecule has 0 aliphatic carbocycles. The number of nitrogens with zero attached hydrogens (tertiary/aromatic N) is 7. The van der Waals surface area contributed by atoms with Crippen LogP contribution in [-0.2, 0) is 11.3 Å². The number of aromatic nitrogens is 6. The Morgan fingerprint density at radius 2 is 2.24 bits per heavy atom. The molecule has 1 saturated heterocycles. The summed E-state index contributed by atoms with van der Waals surface area (Å²) in [6.45, 7) is 1.36. The van der Waals surface area contributed by atoms with Gasteiger partial charge in [-0.25, -0.2) is 4.68 Å². The fourth-order valence-corrected chi connectivity index (χ4v) is 2.89. The third-order valence-electron chi connectivity index (χ3n) is 4.10. The van der Waals surface area contributed by atoms with Crippen LogP contribution in [0, 0.1) is 0 Å². The Morgan fingerprint density at radius 3 is 3.12 bits per heavy atom. The van der Waals surface area contributed by atoms with Crippen LogP contribution in [-0.4, -0.2) is 54.6 Å². The van der Waals surface area contributed by atoms with Gasteiger partial charge in [0.05, 0.1) is 0 Å². The average molecular weight is 340 g/mol. The maximum absolute atomic E-state index is 12.1. The summed E-state index contributed by atoms with van der Waals surface area (Å²) in [5, 5.41) is 19.0. The first kappa shape index (κ1) is 15.2. The smallest absolute Gasteiger partial charge is 0.267 e. The number of hydrogen-bond acceptors (Lipinski definition) is 7. The van der Waals surface area contributed by atoms with E-state index in [0.717, 1.165) is 23.5 Å². The molecule has 1 fully saturated rings. The maximum atomic E-state index is 12.1. The fourth-order valence-electron chi connectivity index (χ4n) is 2.89. The number of fused-ring (bicyclic) bond motifs is 1. The van der Waals surface area contributed by atoms with Crippen LogP contribution in [0.2, 0.25) is 0 Å². The first-order valence-corrected chi connectivity index (χ1v) is 7.92. The number of nitrogens with one attached hydrogen (secondary N) is 1. The van der Waals surface area contributed by atoms with E-state index in [9.17, 15) is 9.59 Å². The van der Waals surface area contributed by atoms with Crippen molar-refractivity contribution in [1.29, 1.82) is 0 Å². The van der Waals surface area contributed by atoms with E-state index in [2.05, 4.69) is 30.6 Å². The van der Waals surface area contributed by atoms with Gasteiger partial charge in [-0.05, 0) is 24.6 Å². The number of hydrogen-bond donors (Lipinski definition) is 1. The molecule has 1 N–H and O–H groups in total. The van der Waals surface area contributed by atoms with Gasteiger partial charge in [0, 0.05) is 31.4 Å². The molecule has 0 aromatic carbocycles. The number of anilines is 1. The Hall–Kier alpha value is -3.30. The van der Waals surface area contributed by atoms with Crippen LogP contribution in [0.5, 0.6) is 0 Å². The largest absolute Gasteiger partial charge is 0.353 e. The molecule has 1 aliphatic heterocycles. The van der Waals surface area contributed by atoms with Crippen molar-refractivity contribution in [3.05, 3.63) is 47.1 Å². The number of carbonyl (C=O) groups is 1. The van der Waals surface area contributed by atoms with Gasteiger partial charge in [0.1, 0.15) is 18.7 Å². The lowest BCUT2D eigenvalue weighted by Gasteiger charge is -2.17. The summed E-state index contributed by atoms with van der Waals surface area (Å²) >= 11 is 0. The summed E-state index contributed by atoms with van der Waals surface area (Å²) in [6.07, 6.45) is 3.85. The molecule has 128 valence electrons. The van der Waals surface area contributed by atoms with Gasteiger partial charge in [0.25, 0.3) is 5.56 Å². The van der Waals surface area contributed by atoms with E-state index in [0.29, 0.717) is 12.2 Å². The molecule has 0 bridgehead atoms. The van der Waals surface area contributed by atoms with Gasteiger partial charge in [0.15, 0.2) is 5.65 Å². The predicted molar refractivity (Wildman–Crippen MR) is 88.0 cm³/mol. The Balaban J connectivity index is 1.38. The highest BCUT2D eigenvalue weighted by Crippen LogP contribution is 2.18. The number of rotatable bonds is 4. The van der Waals surface area contributed by atoms with Crippen molar-refractivity contribution in [2.45, 2.75) is 19.0 Å². The minimum atomic E-state index is -0.294. The molecule has 10 heteroatoms. The van der Waals surface area contributed by atoms with Crippen LogP contribution in [0.4, 0.5) is 5.82 Å². The summed E-state index contributed by atoms with van der Waals surface area (Å²) < 4.78 is 2.76. The second-order valence-corrected chi connectivity index (χ2v) is 5.84. The van der Waals surface area contributed by atoms with E-state index < -0.39 is 0 Å². The van der Waals surface area contributed by atoms with Crippen LogP contribution in [0.1, 0.15) is 6.42 Å². The molecule has 4 rings (SSSR count). The average Bonchev–Trinajstić information content (AvgIpc) is 3.25. The molecule has 25 heavy (non-hydrogen) atoms. The topological polar surface area (TPSA) is 110 Å². The molecule has 1 atom stereocenters. The molecule has 1 amide bonds. The first-order chi connectivity index (χ1) is 12.2. The lowest BCUT2D eigenvalue weighted by Crippen LogP contribution is -2.40. The van der Waals surface area contributed by atoms with E-state index in [1.807, 2.05) is 12.1 Å². The zero-order valence-corrected chi connectivity index (χ0v) is 13.3. The van der Waals surface area contributed by atoms with Crippen molar-refractivity contribution < 1.29 is 4.79 Å². The standard InChI is InChI=1S/C15H16N8O2/c24-14(9-22-15(25)2-1-6-17-22)18-11-5-7-21(8-11)13-4-3-12-19-16-10-23(12)20-13/h1-4,6,10-11H,5,7-9H2,(H,18,24). The molecule has 1 unspecified atom stereocenters. The first-order valence-electron chi connectivity index (χ1n) is 7.92. The fraction of sp³-hybridized carbons (Fsp3) is 0.333. The van der Waals surface area contributed by atoms with Gasteiger partial charge < -0.3 is 10.2 Å². The lowest BCUT2D eigenvalue weighted by molar-refractivity contribution is -0.122. The summed E-state index contributed by atoms with van der Waals surface area (Å²) in [5.74, 6) is 0.583. The van der Waals surface area contributed by atoms with E-state index in [-0.39, 0.29) is 24.1 Å². The van der Waals surface area contributed by atoms with Crippen molar-refractivity contribution in [3.8, 4) is 0 Å². The maximum Gasteiger partial charge on any atom is 0.267 e. The van der Waals surface area contributed by atoms with Crippen LogP contribution in [0.15, 0.2) is 41.6 Å². The van der Waals surface area contributed by atoms with Gasteiger partial charge in [-0.3, -0.25) is 9.59 Å². The van der Waals surface area contributed by atoms with Gasteiger partial charge in [0.2, 0.25) is 5.91 Å². The zero-order chi connectivity index (χ0) is 17.2. The molecular formula is C15H16N8O2. The zero-order valence-electron chi connectivity index (χ0n) is 13.3. The van der Waals surface area contributed by atoms with Crippen LogP contribution >= 0.6 is 0 Å². The Morgan fingerprint density at radius 1 is 1.32 bits per heavy atom. The van der Waals surface area contributed by atoms with E-state index in [1.165, 1.54) is 12.3 Å². The van der Waals surface area contributed by atoms with Crippen molar-refractivity contribution >= 4 is 17.4 Å². The van der Waals surface area contributed by atoms with Crippen molar-refractivity contribution in [1.82, 2.24) is 34.9 Å². The molecule has 0 spiro atoms. The normalized spacial score (nSPS) is 17.1. The van der Waals surface area contributed by atoms with E-state index in [4.69, 9.17) is 0 Å². The predicted octanol–water partition coefficient (Wildman–Crippen LogP) is -0.924. The molecule has 1 aliphatic rings. The van der Waals surface area contributed by atoms with Crippen molar-refractivity contribution in [3.63, 3.8) is 0 Å². The minimum Gasteiger partial charge on any atom is -0.353 e. The summed E-state index contributed by atoms with van der Waals surface area (Å²) in [5.41, 5.74) is 0.394. The van der Waals surface area contributed by atoms with Crippen molar-refractivity contribution in [2.24, 2.45) is 0 Å². The van der Waals surface area contributed by atoms with Crippen molar-refractivity contribution in [2.75, 3.05) is 18.0 Å². The van der Waals surface area contributed by atoms with Crippen LogP contribution in [0.3, 0.4) is 0 Å². The molecule has 3 aromatic heterocycles. The third kappa shape index (κ3) is 3.18. The lowest BCUT2D eigenvalue weighted by atomic mass is 10.2. The minimum absolute atomic E-state index is 0.00493. The summed E-state index contributed by atoms with van der Waals surface area (Å²) in [7, 11) is 0. The second kappa shape index (κ2) is 6.30. The molecule has 10 nitrogen and oxygen atoms in total. The molecular weight excluding hydrogens is 324 g/mol. The van der Waals surface area contributed by atoms with E-state index >= 15 is 0 Å². The highest BCUT2D eigenvalue weighted by Gasteiger charge is 2.25. The second-order valence-electron chi connectivity index (χ2n) is 5.84. The highest BCUT2D eigenvalue weighted by molar-refractivity contribution is 5.76. The summed E-state index contributed by atoms with van der Waals surface area (Å²) in [6, 6.07) is 6.68. The highest BCUT2D eigenvalue weighted by atomic mass is 16.2. The van der Waals surface area contributed by atoms with Crippen LogP contribution in [0.25, 0.3) is 5.65 Å². The van der Waals surface area contributed by atoms with Crippen LogP contribution < -0.4 is 15.8 Å². The summed E-state index contributed by atoms with van der Waals surface area (Å²) in [4.78, 5) is 25.8. The third-order valence-corrected chi connectivity index (χ3v) is 4.10. The van der Waals surface area contributed by atoms with Gasteiger partial charge >= 0.3 is 0 Å². The van der Waals surface area contributed by atoms with Gasteiger partial charge in [-0.2, -0.15) is 9.61 Å². The molecule has 0 radical (unpaired) electrons. The number of amides is 1. The molecule has 3 aromatic rings. The van der Waals surface area contributed by atoms with Gasteiger partial charge in [-0.1, -0.05) is 0 Å².